The quantitative estimate of drug-likeness (QED) is 0.686. The monoisotopic (exact) mass is 330 g/mol. The zero-order chi connectivity index (χ0) is 16.6. The van der Waals surface area contributed by atoms with Crippen molar-refractivity contribution in [2.45, 2.75) is 13.2 Å². The molecule has 0 amide bonds. The second kappa shape index (κ2) is 5.78. The predicted molar refractivity (Wildman–Crippen MR) is 68.6 cm³/mol. The minimum Gasteiger partial charge on any atom is -0.434 e. The third-order valence-electron chi connectivity index (χ3n) is 2.92. The Balaban J connectivity index is 2.10. The molecule has 0 saturated carbocycles. The normalized spacial score (nSPS) is 11.6. The summed E-state index contributed by atoms with van der Waals surface area (Å²) in [5, 5.41) is 3.44. The van der Waals surface area contributed by atoms with Gasteiger partial charge in [0.15, 0.2) is 5.65 Å². The largest absolute Gasteiger partial charge is 0.434 e. The Morgan fingerprint density at radius 1 is 1.09 bits per heavy atom. The van der Waals surface area contributed by atoms with E-state index in [1.807, 2.05) is 0 Å². The number of ether oxygens (including phenoxy) is 1. The zero-order valence-electron chi connectivity index (χ0n) is 11.1. The Hall–Kier alpha value is -2.78. The van der Waals surface area contributed by atoms with Crippen molar-refractivity contribution in [2.75, 3.05) is 0 Å². The van der Waals surface area contributed by atoms with Gasteiger partial charge in [-0.25, -0.2) is 14.4 Å². The number of hydrogen-bond donors (Lipinski definition) is 0. The highest BCUT2D eigenvalue weighted by molar-refractivity contribution is 5.75. The van der Waals surface area contributed by atoms with Crippen molar-refractivity contribution < 1.29 is 26.7 Å². The molecule has 3 rings (SSSR count). The first-order valence-corrected chi connectivity index (χ1v) is 6.19. The van der Waals surface area contributed by atoms with Crippen LogP contribution in [0.2, 0.25) is 0 Å². The molecule has 0 atom stereocenters. The van der Waals surface area contributed by atoms with Crippen LogP contribution in [0.1, 0.15) is 6.55 Å². The summed E-state index contributed by atoms with van der Waals surface area (Å²) in [5.41, 5.74) is -0.0230. The highest BCUT2D eigenvalue weighted by Crippen LogP contribution is 2.31. The summed E-state index contributed by atoms with van der Waals surface area (Å²) in [6.45, 7) is -6.05. The van der Waals surface area contributed by atoms with E-state index < -0.39 is 24.7 Å². The molecule has 2 aromatic heterocycles. The fourth-order valence-electron chi connectivity index (χ4n) is 2.01. The fraction of sp³-hybridized carbons (Fsp3) is 0.154. The lowest BCUT2D eigenvalue weighted by molar-refractivity contribution is -0.0496. The van der Waals surface area contributed by atoms with Crippen molar-refractivity contribution in [3.8, 4) is 17.0 Å². The number of benzene rings is 1. The van der Waals surface area contributed by atoms with E-state index in [1.54, 1.807) is 0 Å². The van der Waals surface area contributed by atoms with E-state index in [-0.39, 0.29) is 22.4 Å². The number of fused-ring (bicyclic) bond motifs is 1. The molecule has 1 aromatic carbocycles. The second-order valence-corrected chi connectivity index (χ2v) is 4.35. The minimum absolute atomic E-state index is 0.0371. The van der Waals surface area contributed by atoms with Crippen LogP contribution in [0.3, 0.4) is 0 Å². The first kappa shape index (κ1) is 15.1. The van der Waals surface area contributed by atoms with E-state index in [4.69, 9.17) is 0 Å². The summed E-state index contributed by atoms with van der Waals surface area (Å²) in [6, 6.07) is 2.98. The summed E-state index contributed by atoms with van der Waals surface area (Å²) in [5.74, 6) is -1.21. The van der Waals surface area contributed by atoms with Crippen molar-refractivity contribution in [1.82, 2.24) is 19.7 Å². The molecule has 0 aliphatic rings. The van der Waals surface area contributed by atoms with Gasteiger partial charge >= 0.3 is 13.2 Å². The van der Waals surface area contributed by atoms with Gasteiger partial charge < -0.3 is 4.74 Å². The van der Waals surface area contributed by atoms with Gasteiger partial charge in [-0.3, -0.25) is 0 Å². The van der Waals surface area contributed by atoms with Gasteiger partial charge in [-0.2, -0.15) is 27.3 Å². The Kier molecular flexibility index (Phi) is 3.80. The van der Waals surface area contributed by atoms with Crippen LogP contribution < -0.4 is 4.74 Å². The van der Waals surface area contributed by atoms with Crippen molar-refractivity contribution in [3.05, 3.63) is 36.4 Å². The summed E-state index contributed by atoms with van der Waals surface area (Å²) >= 11 is 0. The summed E-state index contributed by atoms with van der Waals surface area (Å²) < 4.78 is 68.0. The van der Waals surface area contributed by atoms with E-state index in [0.29, 0.717) is 4.68 Å². The highest BCUT2D eigenvalue weighted by Gasteiger charge is 2.17. The van der Waals surface area contributed by atoms with Crippen LogP contribution in [0.15, 0.2) is 30.6 Å². The average Bonchev–Trinajstić information content (AvgIpc) is 2.89. The summed E-state index contributed by atoms with van der Waals surface area (Å²) in [4.78, 5) is 7.82. The lowest BCUT2D eigenvalue weighted by Gasteiger charge is -2.10. The third kappa shape index (κ3) is 2.91. The molecule has 0 radical (unpaired) electrons. The molecule has 0 bridgehead atoms. The molecule has 2 heterocycles. The van der Waals surface area contributed by atoms with Crippen LogP contribution >= 0.6 is 0 Å². The topological polar surface area (TPSA) is 52.8 Å². The lowest BCUT2D eigenvalue weighted by Crippen LogP contribution is -2.04. The summed E-state index contributed by atoms with van der Waals surface area (Å²) in [6.07, 6.45) is 2.16. The van der Waals surface area contributed by atoms with Gasteiger partial charge in [0.25, 0.3) is 0 Å². The maximum Gasteiger partial charge on any atom is 0.387 e. The molecule has 0 spiro atoms. The third-order valence-corrected chi connectivity index (χ3v) is 2.92. The van der Waals surface area contributed by atoms with E-state index in [1.165, 1.54) is 6.07 Å². The molecular weight excluding hydrogens is 323 g/mol. The van der Waals surface area contributed by atoms with Gasteiger partial charge in [0, 0.05) is 11.6 Å². The molecule has 10 heteroatoms. The van der Waals surface area contributed by atoms with Crippen LogP contribution in [0, 0.1) is 5.82 Å². The van der Waals surface area contributed by atoms with Gasteiger partial charge in [0.1, 0.15) is 17.1 Å². The zero-order valence-corrected chi connectivity index (χ0v) is 11.1. The van der Waals surface area contributed by atoms with Gasteiger partial charge in [-0.1, -0.05) is 0 Å². The minimum atomic E-state index is -3.16. The van der Waals surface area contributed by atoms with Crippen molar-refractivity contribution in [3.63, 3.8) is 0 Å². The van der Waals surface area contributed by atoms with Crippen molar-refractivity contribution in [1.29, 1.82) is 0 Å². The molecule has 0 aliphatic heterocycles. The molecule has 23 heavy (non-hydrogen) atoms. The van der Waals surface area contributed by atoms with Crippen molar-refractivity contribution in [2.24, 2.45) is 0 Å². The van der Waals surface area contributed by atoms with Gasteiger partial charge in [-0.05, 0) is 12.1 Å². The van der Waals surface area contributed by atoms with E-state index >= 15 is 0 Å². The molecule has 0 aliphatic carbocycles. The van der Waals surface area contributed by atoms with Gasteiger partial charge in [-0.15, -0.1) is 0 Å². The number of alkyl halides is 4. The van der Waals surface area contributed by atoms with Crippen LogP contribution in [0.5, 0.6) is 5.75 Å². The Morgan fingerprint density at radius 2 is 1.87 bits per heavy atom. The molecule has 0 N–H and O–H groups in total. The first-order valence-electron chi connectivity index (χ1n) is 6.19. The lowest BCUT2D eigenvalue weighted by atomic mass is 10.1. The van der Waals surface area contributed by atoms with E-state index in [2.05, 4.69) is 19.8 Å². The van der Waals surface area contributed by atoms with Crippen LogP contribution in [-0.4, -0.2) is 26.4 Å². The Morgan fingerprint density at radius 3 is 2.57 bits per heavy atom. The molecule has 5 nitrogen and oxygen atoms in total. The molecule has 3 aromatic rings. The van der Waals surface area contributed by atoms with Crippen molar-refractivity contribution >= 4 is 11.2 Å². The molecule has 120 valence electrons. The van der Waals surface area contributed by atoms with Gasteiger partial charge in [0.2, 0.25) is 0 Å². The number of aromatic nitrogens is 4. The van der Waals surface area contributed by atoms with E-state index in [9.17, 15) is 22.0 Å². The maximum atomic E-state index is 13.2. The van der Waals surface area contributed by atoms with Crippen LogP contribution in [0.25, 0.3) is 22.4 Å². The fourth-order valence-corrected chi connectivity index (χ4v) is 2.01. The number of nitrogens with zero attached hydrogens (tertiary/aromatic N) is 4. The predicted octanol–water partition coefficient (Wildman–Crippen LogP) is 3.63. The van der Waals surface area contributed by atoms with E-state index in [0.717, 1.165) is 24.5 Å². The number of rotatable bonds is 4. The molecular formula is C13H7F5N4O. The Labute approximate surface area is 125 Å². The smallest absolute Gasteiger partial charge is 0.387 e. The average molecular weight is 330 g/mol. The summed E-state index contributed by atoms with van der Waals surface area (Å²) in [7, 11) is 0. The molecule has 0 saturated heterocycles. The number of halogens is 5. The standard InChI is InChI=1S/C13H7F5N4O/c14-6-1-2-7(10(3-6)23-13(17)18)8-4-19-11-9(21-8)5-20-22(11)12(15)16/h1-5,12-13H. The van der Waals surface area contributed by atoms with Gasteiger partial charge in [0.05, 0.1) is 18.1 Å². The van der Waals surface area contributed by atoms with Crippen LogP contribution in [0.4, 0.5) is 22.0 Å². The SMILES string of the molecule is Fc1ccc(-c2cnc3c(cnn3C(F)F)n2)c(OC(F)F)c1. The number of hydrogen-bond acceptors (Lipinski definition) is 4. The van der Waals surface area contributed by atoms with Crippen LogP contribution in [-0.2, 0) is 0 Å². The first-order chi connectivity index (χ1) is 11.0. The second-order valence-electron chi connectivity index (χ2n) is 4.35. The molecule has 0 unspecified atom stereocenters. The highest BCUT2D eigenvalue weighted by atomic mass is 19.3. The Bertz CT molecular complexity index is 851. The maximum absolute atomic E-state index is 13.2. The molecule has 0 fully saturated rings.